The first-order valence-electron chi connectivity index (χ1n) is 4.73. The third kappa shape index (κ3) is 2.23. The summed E-state index contributed by atoms with van der Waals surface area (Å²) < 4.78 is 0. The molecule has 15 heavy (non-hydrogen) atoms. The van der Waals surface area contributed by atoms with Crippen LogP contribution in [0.25, 0.3) is 11.1 Å². The normalized spacial score (nSPS) is 10.7. The number of benzene rings is 2. The average Bonchev–Trinajstić information content (AvgIpc) is 2.32. The molecule has 0 aliphatic carbocycles. The van der Waals surface area contributed by atoms with Crippen LogP contribution < -0.4 is 0 Å². The van der Waals surface area contributed by atoms with E-state index >= 15 is 0 Å². The van der Waals surface area contributed by atoms with Crippen LogP contribution in [0.4, 0.5) is 0 Å². The zero-order valence-corrected chi connectivity index (χ0v) is 8.17. The van der Waals surface area contributed by atoms with Gasteiger partial charge >= 0.3 is 0 Å². The zero-order valence-electron chi connectivity index (χ0n) is 8.17. The fourth-order valence-corrected chi connectivity index (χ4v) is 1.46. The molecule has 0 unspecified atom stereocenters. The lowest BCUT2D eigenvalue weighted by atomic mass is 10.0. The summed E-state index contributed by atoms with van der Waals surface area (Å²) in [6.45, 7) is 0. The van der Waals surface area contributed by atoms with Gasteiger partial charge in [-0.1, -0.05) is 59.8 Å². The van der Waals surface area contributed by atoms with Gasteiger partial charge in [0.15, 0.2) is 0 Å². The second kappa shape index (κ2) is 4.42. The van der Waals surface area contributed by atoms with Crippen LogP contribution >= 0.6 is 0 Å². The van der Waals surface area contributed by atoms with E-state index in [1.165, 1.54) is 11.8 Å². The zero-order chi connectivity index (χ0) is 10.5. The number of hydrogen-bond acceptors (Lipinski definition) is 2. The summed E-state index contributed by atoms with van der Waals surface area (Å²) in [5.74, 6) is 0. The molecular weight excluding hydrogens is 186 g/mol. The Morgan fingerprint density at radius 2 is 1.40 bits per heavy atom. The fraction of sp³-hybridized carbons (Fsp3) is 0. The average molecular weight is 197 g/mol. The van der Waals surface area contributed by atoms with Crippen molar-refractivity contribution in [3.05, 3.63) is 60.2 Å². The summed E-state index contributed by atoms with van der Waals surface area (Å²) in [6.07, 6.45) is 1.41. The summed E-state index contributed by atoms with van der Waals surface area (Å²) in [6, 6.07) is 18.0. The van der Waals surface area contributed by atoms with E-state index < -0.39 is 0 Å². The first-order chi connectivity index (χ1) is 7.40. The van der Waals surface area contributed by atoms with E-state index in [1.54, 1.807) is 0 Å². The second-order valence-electron chi connectivity index (χ2n) is 3.23. The Morgan fingerprint density at radius 1 is 0.800 bits per heavy atom. The molecule has 2 aromatic rings. The minimum Gasteiger partial charge on any atom is -0.411 e. The van der Waals surface area contributed by atoms with Crippen molar-refractivity contribution in [2.45, 2.75) is 0 Å². The first-order valence-corrected chi connectivity index (χ1v) is 4.73. The number of hydrogen-bond donors (Lipinski definition) is 1. The lowest BCUT2D eigenvalue weighted by Gasteiger charge is -2.00. The highest BCUT2D eigenvalue weighted by Crippen LogP contribution is 2.18. The number of rotatable bonds is 2. The largest absolute Gasteiger partial charge is 0.411 e. The van der Waals surface area contributed by atoms with Crippen LogP contribution in [0.3, 0.4) is 0 Å². The molecule has 0 spiro atoms. The Labute approximate surface area is 88.5 Å². The predicted octanol–water partition coefficient (Wildman–Crippen LogP) is 3.16. The van der Waals surface area contributed by atoms with Gasteiger partial charge in [0.1, 0.15) is 0 Å². The molecular formula is C13H11NO. The van der Waals surface area contributed by atoms with Gasteiger partial charge in [0.2, 0.25) is 0 Å². The second-order valence-corrected chi connectivity index (χ2v) is 3.23. The van der Waals surface area contributed by atoms with Crippen molar-refractivity contribution >= 4 is 6.21 Å². The van der Waals surface area contributed by atoms with Crippen LogP contribution in [0.5, 0.6) is 0 Å². The quantitative estimate of drug-likeness (QED) is 0.447. The minimum atomic E-state index is 0.886. The van der Waals surface area contributed by atoms with Gasteiger partial charge in [-0.15, -0.1) is 0 Å². The Morgan fingerprint density at radius 3 is 2.00 bits per heavy atom. The summed E-state index contributed by atoms with van der Waals surface area (Å²) in [5, 5.41) is 11.4. The highest BCUT2D eigenvalue weighted by Gasteiger charge is 1.95. The van der Waals surface area contributed by atoms with Gasteiger partial charge < -0.3 is 5.21 Å². The van der Waals surface area contributed by atoms with Gasteiger partial charge in [0, 0.05) is 0 Å². The van der Waals surface area contributed by atoms with E-state index in [9.17, 15) is 0 Å². The van der Waals surface area contributed by atoms with Gasteiger partial charge in [-0.05, 0) is 16.7 Å². The van der Waals surface area contributed by atoms with Crippen molar-refractivity contribution in [1.82, 2.24) is 0 Å². The number of nitrogens with zero attached hydrogens (tertiary/aromatic N) is 1. The monoisotopic (exact) mass is 197 g/mol. The fourth-order valence-electron chi connectivity index (χ4n) is 1.46. The maximum absolute atomic E-state index is 8.38. The van der Waals surface area contributed by atoms with Gasteiger partial charge in [-0.3, -0.25) is 0 Å². The standard InChI is InChI=1S/C13H11NO/c15-14-10-11-6-8-13(9-7-11)12-4-2-1-3-5-12/h1-10,15H. The highest BCUT2D eigenvalue weighted by molar-refractivity contribution is 5.80. The molecule has 0 aliphatic rings. The molecule has 0 fully saturated rings. The maximum atomic E-state index is 8.38. The van der Waals surface area contributed by atoms with Crippen LogP contribution in [-0.4, -0.2) is 11.4 Å². The van der Waals surface area contributed by atoms with Crippen LogP contribution in [0.1, 0.15) is 5.56 Å². The van der Waals surface area contributed by atoms with Crippen molar-refractivity contribution < 1.29 is 5.21 Å². The Kier molecular flexibility index (Phi) is 2.79. The van der Waals surface area contributed by atoms with E-state index in [1.807, 2.05) is 42.5 Å². The molecule has 0 atom stereocenters. The predicted molar refractivity (Wildman–Crippen MR) is 61.3 cm³/mol. The molecule has 2 aromatic carbocycles. The smallest absolute Gasteiger partial charge is 0.0733 e. The maximum Gasteiger partial charge on any atom is 0.0733 e. The molecule has 0 saturated heterocycles. The van der Waals surface area contributed by atoms with Crippen LogP contribution in [-0.2, 0) is 0 Å². The van der Waals surface area contributed by atoms with Gasteiger partial charge in [-0.25, -0.2) is 0 Å². The Bertz CT molecular complexity index is 446. The van der Waals surface area contributed by atoms with E-state index in [0.29, 0.717) is 0 Å². The molecule has 74 valence electrons. The molecule has 1 N–H and O–H groups in total. The van der Waals surface area contributed by atoms with Crippen LogP contribution in [0.15, 0.2) is 59.8 Å². The molecule has 0 amide bonds. The van der Waals surface area contributed by atoms with Crippen molar-refractivity contribution in [3.8, 4) is 11.1 Å². The Balaban J connectivity index is 2.32. The molecule has 2 heteroatoms. The topological polar surface area (TPSA) is 32.6 Å². The molecule has 0 heterocycles. The summed E-state index contributed by atoms with van der Waals surface area (Å²) in [7, 11) is 0. The summed E-state index contributed by atoms with van der Waals surface area (Å²) >= 11 is 0. The van der Waals surface area contributed by atoms with E-state index in [4.69, 9.17) is 5.21 Å². The summed E-state index contributed by atoms with van der Waals surface area (Å²) in [4.78, 5) is 0. The van der Waals surface area contributed by atoms with E-state index in [2.05, 4.69) is 17.3 Å². The SMILES string of the molecule is ON=Cc1ccc(-c2ccccc2)cc1. The van der Waals surface area contributed by atoms with Crippen molar-refractivity contribution in [2.75, 3.05) is 0 Å². The molecule has 0 radical (unpaired) electrons. The third-order valence-corrected chi connectivity index (χ3v) is 2.22. The van der Waals surface area contributed by atoms with Crippen LogP contribution in [0.2, 0.25) is 0 Å². The molecule has 0 aliphatic heterocycles. The van der Waals surface area contributed by atoms with Crippen LogP contribution in [0, 0.1) is 0 Å². The van der Waals surface area contributed by atoms with Crippen molar-refractivity contribution in [1.29, 1.82) is 0 Å². The highest BCUT2D eigenvalue weighted by atomic mass is 16.4. The van der Waals surface area contributed by atoms with Gasteiger partial charge in [-0.2, -0.15) is 0 Å². The van der Waals surface area contributed by atoms with Crippen molar-refractivity contribution in [3.63, 3.8) is 0 Å². The number of oxime groups is 1. The third-order valence-electron chi connectivity index (χ3n) is 2.22. The van der Waals surface area contributed by atoms with Crippen molar-refractivity contribution in [2.24, 2.45) is 5.16 Å². The molecule has 0 aromatic heterocycles. The van der Waals surface area contributed by atoms with E-state index in [-0.39, 0.29) is 0 Å². The van der Waals surface area contributed by atoms with Gasteiger partial charge in [0.05, 0.1) is 6.21 Å². The molecule has 2 nitrogen and oxygen atoms in total. The Hall–Kier alpha value is -2.09. The molecule has 2 rings (SSSR count). The minimum absolute atomic E-state index is 0.886. The first kappa shape index (κ1) is 9.46. The summed E-state index contributed by atoms with van der Waals surface area (Å²) in [5.41, 5.74) is 3.23. The molecule has 0 bridgehead atoms. The lowest BCUT2D eigenvalue weighted by Crippen LogP contribution is -1.81. The van der Waals surface area contributed by atoms with Gasteiger partial charge in [0.25, 0.3) is 0 Å². The van der Waals surface area contributed by atoms with E-state index in [0.717, 1.165) is 11.1 Å². The lowest BCUT2D eigenvalue weighted by molar-refractivity contribution is 0.322. The molecule has 0 saturated carbocycles.